The fourth-order valence-electron chi connectivity index (χ4n) is 4.60. The number of aromatic nitrogens is 4. The van der Waals surface area contributed by atoms with Crippen LogP contribution in [0.2, 0.25) is 0 Å². The van der Waals surface area contributed by atoms with Gasteiger partial charge in [-0.05, 0) is 51.7 Å². The van der Waals surface area contributed by atoms with Gasteiger partial charge in [-0.15, -0.1) is 10.2 Å². The van der Waals surface area contributed by atoms with E-state index in [4.69, 9.17) is 0 Å². The summed E-state index contributed by atoms with van der Waals surface area (Å²) in [7, 11) is 0. The Kier molecular flexibility index (Phi) is 7.03. The maximum atomic E-state index is 13.3. The molecule has 0 aliphatic carbocycles. The van der Waals surface area contributed by atoms with E-state index in [1.54, 1.807) is 0 Å². The summed E-state index contributed by atoms with van der Waals surface area (Å²) in [6.07, 6.45) is 5.28. The van der Waals surface area contributed by atoms with Crippen molar-refractivity contribution in [2.45, 2.75) is 76.7 Å². The lowest BCUT2D eigenvalue weighted by atomic mass is 9.97. The number of likely N-dealkylation sites (tertiary alicyclic amines) is 1. The number of amides is 2. The Hall–Kier alpha value is -2.55. The van der Waals surface area contributed by atoms with E-state index >= 15 is 0 Å². The van der Waals surface area contributed by atoms with Gasteiger partial charge in [-0.1, -0.05) is 37.2 Å². The first-order valence-electron chi connectivity index (χ1n) is 11.5. The fraction of sp³-hybridized carbons (Fsp3) is 0.565. The van der Waals surface area contributed by atoms with Crippen LogP contribution in [-0.4, -0.2) is 60.3 Å². The molecule has 3 heterocycles. The minimum atomic E-state index is -0.00723. The van der Waals surface area contributed by atoms with Crippen LogP contribution in [0.3, 0.4) is 0 Å². The van der Waals surface area contributed by atoms with Crippen LogP contribution in [0.5, 0.6) is 0 Å². The first-order chi connectivity index (χ1) is 15.5. The predicted octanol–water partition coefficient (Wildman–Crippen LogP) is 3.48. The third-order valence-electron chi connectivity index (χ3n) is 6.23. The van der Waals surface area contributed by atoms with Crippen LogP contribution in [0.25, 0.3) is 16.8 Å². The zero-order chi connectivity index (χ0) is 22.7. The molecular formula is C23H32N6O2S. The van der Waals surface area contributed by atoms with Crippen molar-refractivity contribution in [3.05, 3.63) is 24.3 Å². The highest BCUT2D eigenvalue weighted by Gasteiger charge is 2.30. The van der Waals surface area contributed by atoms with Gasteiger partial charge in [-0.3, -0.25) is 18.6 Å². The Morgan fingerprint density at radius 3 is 2.56 bits per heavy atom. The molecule has 1 fully saturated rings. The van der Waals surface area contributed by atoms with Crippen molar-refractivity contribution in [2.24, 2.45) is 0 Å². The molecule has 1 aliphatic rings. The van der Waals surface area contributed by atoms with Crippen LogP contribution < -0.4 is 5.32 Å². The van der Waals surface area contributed by atoms with Crippen LogP contribution in [0, 0.1) is 0 Å². The van der Waals surface area contributed by atoms with Gasteiger partial charge in [-0.25, -0.2) is 0 Å². The number of nitrogens with zero attached hydrogens (tertiary/aromatic N) is 5. The standard InChI is InChI=1S/C23H32N6O2S/c1-4-5-13-24-20(30)15-32-23-26-25-22-27(18-11-6-7-12-19(18)29(22)23)14-21(31)28-16(2)9-8-10-17(28)3/h6-7,11-12,16-17H,4-5,8-10,13-15H2,1-3H3,(H,24,30). The highest BCUT2D eigenvalue weighted by atomic mass is 32.2. The normalized spacial score (nSPS) is 19.0. The van der Waals surface area contributed by atoms with Crippen molar-refractivity contribution in [3.8, 4) is 0 Å². The molecule has 2 aromatic heterocycles. The van der Waals surface area contributed by atoms with Crippen molar-refractivity contribution in [3.63, 3.8) is 0 Å². The zero-order valence-corrected chi connectivity index (χ0v) is 19.9. The van der Waals surface area contributed by atoms with Gasteiger partial charge >= 0.3 is 0 Å². The van der Waals surface area contributed by atoms with Gasteiger partial charge in [0.1, 0.15) is 6.54 Å². The number of benzene rings is 1. The summed E-state index contributed by atoms with van der Waals surface area (Å²) in [6, 6.07) is 8.44. The van der Waals surface area contributed by atoms with Gasteiger partial charge in [-0.2, -0.15) is 0 Å². The minimum absolute atomic E-state index is 0.00723. The molecule has 32 heavy (non-hydrogen) atoms. The van der Waals surface area contributed by atoms with Crippen molar-refractivity contribution >= 4 is 40.4 Å². The second kappa shape index (κ2) is 9.94. The van der Waals surface area contributed by atoms with E-state index in [1.807, 2.05) is 38.1 Å². The molecule has 2 unspecified atom stereocenters. The average molecular weight is 457 g/mol. The highest BCUT2D eigenvalue weighted by Crippen LogP contribution is 2.27. The maximum Gasteiger partial charge on any atom is 0.243 e. The predicted molar refractivity (Wildman–Crippen MR) is 127 cm³/mol. The van der Waals surface area contributed by atoms with E-state index in [9.17, 15) is 9.59 Å². The van der Waals surface area contributed by atoms with Crippen molar-refractivity contribution in [1.82, 2.24) is 29.4 Å². The van der Waals surface area contributed by atoms with Gasteiger partial charge in [0.15, 0.2) is 5.16 Å². The summed E-state index contributed by atoms with van der Waals surface area (Å²) < 4.78 is 3.90. The van der Waals surface area contributed by atoms with Gasteiger partial charge in [0.2, 0.25) is 17.6 Å². The molecule has 4 rings (SSSR count). The Bertz CT molecular complexity index is 1100. The molecule has 0 bridgehead atoms. The summed E-state index contributed by atoms with van der Waals surface area (Å²) in [5.41, 5.74) is 1.88. The minimum Gasteiger partial charge on any atom is -0.355 e. The maximum absolute atomic E-state index is 13.3. The number of hydrogen-bond acceptors (Lipinski definition) is 5. The summed E-state index contributed by atoms with van der Waals surface area (Å²) in [5, 5.41) is 12.3. The number of unbranched alkanes of at least 4 members (excludes halogenated alkanes) is 1. The van der Waals surface area contributed by atoms with Gasteiger partial charge in [0, 0.05) is 18.6 Å². The second-order valence-electron chi connectivity index (χ2n) is 8.61. The molecular weight excluding hydrogens is 424 g/mol. The lowest BCUT2D eigenvalue weighted by Crippen LogP contribution is -2.48. The Morgan fingerprint density at radius 2 is 1.84 bits per heavy atom. The van der Waals surface area contributed by atoms with Gasteiger partial charge < -0.3 is 10.2 Å². The number of thioether (sulfide) groups is 1. The van der Waals surface area contributed by atoms with E-state index in [0.29, 0.717) is 17.5 Å². The zero-order valence-electron chi connectivity index (χ0n) is 19.1. The summed E-state index contributed by atoms with van der Waals surface area (Å²) >= 11 is 1.37. The number of rotatable bonds is 8. The smallest absolute Gasteiger partial charge is 0.243 e. The van der Waals surface area contributed by atoms with Crippen LogP contribution in [0.15, 0.2) is 29.4 Å². The molecule has 9 heteroatoms. The van der Waals surface area contributed by atoms with Crippen LogP contribution in [0.1, 0.15) is 52.9 Å². The molecule has 3 aromatic rings. The van der Waals surface area contributed by atoms with E-state index in [2.05, 4.69) is 36.3 Å². The van der Waals surface area contributed by atoms with Crippen molar-refractivity contribution in [1.29, 1.82) is 0 Å². The lowest BCUT2D eigenvalue weighted by molar-refractivity contribution is -0.137. The van der Waals surface area contributed by atoms with Gasteiger partial charge in [0.05, 0.1) is 16.8 Å². The lowest BCUT2D eigenvalue weighted by Gasteiger charge is -2.39. The van der Waals surface area contributed by atoms with E-state index in [0.717, 1.165) is 36.7 Å². The Labute approximate surface area is 192 Å². The largest absolute Gasteiger partial charge is 0.355 e. The monoisotopic (exact) mass is 456 g/mol. The molecule has 1 aromatic carbocycles. The molecule has 1 N–H and O–H groups in total. The number of hydrogen-bond donors (Lipinski definition) is 1. The first-order valence-corrected chi connectivity index (χ1v) is 12.5. The Balaban J connectivity index is 1.59. The number of para-hydroxylation sites is 2. The molecule has 0 radical (unpaired) electrons. The van der Waals surface area contributed by atoms with E-state index < -0.39 is 0 Å². The number of piperidine rings is 1. The topological polar surface area (TPSA) is 84.5 Å². The molecule has 2 atom stereocenters. The SMILES string of the molecule is CCCCNC(=O)CSc1nnc2n(CC(=O)N3C(C)CCCC3C)c3ccccc3n12. The average Bonchev–Trinajstić information content (AvgIpc) is 3.32. The first kappa shape index (κ1) is 22.6. The second-order valence-corrected chi connectivity index (χ2v) is 9.56. The molecule has 2 amide bonds. The van der Waals surface area contributed by atoms with Gasteiger partial charge in [0.25, 0.3) is 0 Å². The summed E-state index contributed by atoms with van der Waals surface area (Å²) in [5.74, 6) is 1.02. The highest BCUT2D eigenvalue weighted by molar-refractivity contribution is 7.99. The molecule has 1 saturated heterocycles. The number of imidazole rings is 1. The van der Waals surface area contributed by atoms with Crippen LogP contribution in [-0.2, 0) is 16.1 Å². The van der Waals surface area contributed by atoms with Crippen molar-refractivity contribution < 1.29 is 9.59 Å². The van der Waals surface area contributed by atoms with Crippen molar-refractivity contribution in [2.75, 3.05) is 12.3 Å². The number of fused-ring (bicyclic) bond motifs is 3. The van der Waals surface area contributed by atoms with E-state index in [1.165, 1.54) is 18.2 Å². The van der Waals surface area contributed by atoms with E-state index in [-0.39, 0.29) is 36.2 Å². The fourth-order valence-corrected chi connectivity index (χ4v) is 5.37. The van der Waals surface area contributed by atoms with Crippen LogP contribution in [0.4, 0.5) is 0 Å². The molecule has 0 saturated carbocycles. The summed E-state index contributed by atoms with van der Waals surface area (Å²) in [4.78, 5) is 27.5. The molecule has 0 spiro atoms. The molecule has 8 nitrogen and oxygen atoms in total. The summed E-state index contributed by atoms with van der Waals surface area (Å²) in [6.45, 7) is 7.29. The number of carbonyl (C=O) groups is 2. The number of nitrogens with one attached hydrogen (secondary N) is 1. The third kappa shape index (κ3) is 4.48. The third-order valence-corrected chi connectivity index (χ3v) is 7.16. The van der Waals surface area contributed by atoms with Crippen LogP contribution >= 0.6 is 11.8 Å². The molecule has 1 aliphatic heterocycles. The Morgan fingerprint density at radius 1 is 1.12 bits per heavy atom. The molecule has 172 valence electrons. The quantitative estimate of drug-likeness (QED) is 0.414. The number of carbonyl (C=O) groups excluding carboxylic acids is 2.